The summed E-state index contributed by atoms with van der Waals surface area (Å²) in [5.74, 6) is 2.06. The minimum Gasteiger partial charge on any atom is -0.378 e. The molecule has 0 aromatic carbocycles. The molecule has 6 heterocycles. The monoisotopic (exact) mass is 470 g/mol. The number of hydrogen-bond acceptors (Lipinski definition) is 10. The molecule has 10 nitrogen and oxygen atoms in total. The number of aromatic nitrogens is 5. The van der Waals surface area contributed by atoms with E-state index in [1.165, 1.54) is 0 Å². The summed E-state index contributed by atoms with van der Waals surface area (Å²) in [6.45, 7) is 6.01. The van der Waals surface area contributed by atoms with E-state index in [2.05, 4.69) is 36.1 Å². The van der Waals surface area contributed by atoms with Gasteiger partial charge in [-0.2, -0.15) is 0 Å². The molecule has 0 amide bonds. The molecule has 0 atom stereocenters. The van der Waals surface area contributed by atoms with E-state index in [4.69, 9.17) is 19.4 Å². The maximum atomic E-state index is 5.57. The molecule has 0 saturated carbocycles. The van der Waals surface area contributed by atoms with Gasteiger partial charge in [0.05, 0.1) is 49.4 Å². The number of nitrogens with zero attached hydrogens (tertiary/aromatic N) is 7. The van der Waals surface area contributed by atoms with Crippen LogP contribution >= 0.6 is 0 Å². The van der Waals surface area contributed by atoms with Gasteiger partial charge in [-0.3, -0.25) is 4.98 Å². The third-order valence-electron chi connectivity index (χ3n) is 6.16. The minimum absolute atomic E-state index is 0.518. The predicted molar refractivity (Wildman–Crippen MR) is 134 cm³/mol. The minimum atomic E-state index is 0.518. The van der Waals surface area contributed by atoms with Crippen LogP contribution in [-0.4, -0.2) is 77.5 Å². The maximum absolute atomic E-state index is 5.57. The fourth-order valence-corrected chi connectivity index (χ4v) is 4.35. The molecule has 1 N–H and O–H groups in total. The van der Waals surface area contributed by atoms with E-state index in [1.54, 1.807) is 12.4 Å². The molecular weight excluding hydrogens is 444 g/mol. The largest absolute Gasteiger partial charge is 0.378 e. The molecular formula is C25H26N8O2. The standard InChI is InChI=1S/C25H26N8O2/c1-2-6-26-20(5-1)24-30-22-19(4-3-7-27-22)23(31-24)29-21-16-18(32-8-12-34-13-9-32)17-28-25(21)33-10-14-35-15-11-33/h1-7,16-17H,8-15H2,(H,27,29,30,31). The second kappa shape index (κ2) is 9.77. The Labute approximate surface area is 203 Å². The summed E-state index contributed by atoms with van der Waals surface area (Å²) in [5, 5.41) is 4.41. The molecule has 2 fully saturated rings. The lowest BCUT2D eigenvalue weighted by Gasteiger charge is -2.32. The van der Waals surface area contributed by atoms with Gasteiger partial charge in [0.15, 0.2) is 17.3 Å². The van der Waals surface area contributed by atoms with Crippen LogP contribution in [0.3, 0.4) is 0 Å². The fraction of sp³-hybridized carbons (Fsp3) is 0.320. The smallest absolute Gasteiger partial charge is 0.182 e. The number of hydrogen-bond donors (Lipinski definition) is 1. The quantitative estimate of drug-likeness (QED) is 0.468. The van der Waals surface area contributed by atoms with Gasteiger partial charge >= 0.3 is 0 Å². The van der Waals surface area contributed by atoms with Gasteiger partial charge in [-0.05, 0) is 30.3 Å². The van der Waals surface area contributed by atoms with Gasteiger partial charge in [-0.15, -0.1) is 0 Å². The van der Waals surface area contributed by atoms with Crippen molar-refractivity contribution in [2.75, 3.05) is 67.7 Å². The van der Waals surface area contributed by atoms with Gasteiger partial charge in [0, 0.05) is 38.6 Å². The van der Waals surface area contributed by atoms with Crippen LogP contribution in [-0.2, 0) is 9.47 Å². The highest BCUT2D eigenvalue weighted by atomic mass is 16.5. The molecule has 4 aromatic rings. The van der Waals surface area contributed by atoms with E-state index in [1.807, 2.05) is 36.5 Å². The number of ether oxygens (including phenoxy) is 2. The van der Waals surface area contributed by atoms with Crippen molar-refractivity contribution in [3.05, 3.63) is 55.0 Å². The Morgan fingerprint density at radius 3 is 2.31 bits per heavy atom. The third-order valence-corrected chi connectivity index (χ3v) is 6.16. The Kier molecular flexibility index (Phi) is 6.04. The highest BCUT2D eigenvalue weighted by Gasteiger charge is 2.21. The van der Waals surface area contributed by atoms with Crippen molar-refractivity contribution in [3.63, 3.8) is 0 Å². The Balaban J connectivity index is 1.44. The molecule has 6 rings (SSSR count). The summed E-state index contributed by atoms with van der Waals surface area (Å²) in [6, 6.07) is 11.7. The highest BCUT2D eigenvalue weighted by molar-refractivity contribution is 5.91. The SMILES string of the molecule is c1ccc(-c2nc(Nc3cc(N4CCOCC4)cnc3N3CCOCC3)c3cccnc3n2)nc1. The predicted octanol–water partition coefficient (Wildman–Crippen LogP) is 2.90. The zero-order valence-corrected chi connectivity index (χ0v) is 19.3. The van der Waals surface area contributed by atoms with E-state index in [0.717, 1.165) is 48.8 Å². The van der Waals surface area contributed by atoms with Crippen LogP contribution in [0.1, 0.15) is 0 Å². The molecule has 35 heavy (non-hydrogen) atoms. The number of morpholine rings is 2. The summed E-state index contributed by atoms with van der Waals surface area (Å²) < 4.78 is 11.1. The molecule has 10 heteroatoms. The lowest BCUT2D eigenvalue weighted by Crippen LogP contribution is -2.38. The fourth-order valence-electron chi connectivity index (χ4n) is 4.35. The van der Waals surface area contributed by atoms with Crippen LogP contribution in [0.4, 0.5) is 23.0 Å². The average molecular weight is 471 g/mol. The molecule has 0 aliphatic carbocycles. The summed E-state index contributed by atoms with van der Waals surface area (Å²) in [5.41, 5.74) is 3.23. The zero-order chi connectivity index (χ0) is 23.5. The summed E-state index contributed by atoms with van der Waals surface area (Å²) in [6.07, 6.45) is 5.42. The van der Waals surface area contributed by atoms with Crippen molar-refractivity contribution >= 4 is 34.0 Å². The zero-order valence-electron chi connectivity index (χ0n) is 19.3. The Bertz CT molecular complexity index is 1310. The highest BCUT2D eigenvalue weighted by Crippen LogP contribution is 2.33. The maximum Gasteiger partial charge on any atom is 0.182 e. The van der Waals surface area contributed by atoms with E-state index < -0.39 is 0 Å². The molecule has 2 saturated heterocycles. The molecule has 2 aliphatic heterocycles. The van der Waals surface area contributed by atoms with Crippen LogP contribution < -0.4 is 15.1 Å². The van der Waals surface area contributed by atoms with Gasteiger partial charge in [0.2, 0.25) is 0 Å². The molecule has 0 unspecified atom stereocenters. The molecule has 178 valence electrons. The summed E-state index contributed by atoms with van der Waals surface area (Å²) >= 11 is 0. The van der Waals surface area contributed by atoms with E-state index in [0.29, 0.717) is 49.4 Å². The Morgan fingerprint density at radius 2 is 1.54 bits per heavy atom. The first kappa shape index (κ1) is 21.6. The Hall–Kier alpha value is -3.89. The number of pyridine rings is 3. The van der Waals surface area contributed by atoms with Crippen LogP contribution in [0.5, 0.6) is 0 Å². The normalized spacial score (nSPS) is 16.5. The van der Waals surface area contributed by atoms with Crippen molar-refractivity contribution < 1.29 is 9.47 Å². The molecule has 0 radical (unpaired) electrons. The molecule has 4 aromatic heterocycles. The van der Waals surface area contributed by atoms with E-state index >= 15 is 0 Å². The van der Waals surface area contributed by atoms with Gasteiger partial charge in [-0.1, -0.05) is 6.07 Å². The van der Waals surface area contributed by atoms with Crippen LogP contribution in [0.25, 0.3) is 22.6 Å². The first-order valence-corrected chi connectivity index (χ1v) is 11.8. The van der Waals surface area contributed by atoms with Crippen molar-refractivity contribution in [1.82, 2.24) is 24.9 Å². The summed E-state index contributed by atoms with van der Waals surface area (Å²) in [4.78, 5) is 27.9. The second-order valence-electron chi connectivity index (χ2n) is 8.37. The van der Waals surface area contributed by atoms with Crippen LogP contribution in [0.15, 0.2) is 55.0 Å². The number of fused-ring (bicyclic) bond motifs is 1. The van der Waals surface area contributed by atoms with E-state index in [9.17, 15) is 0 Å². The number of rotatable bonds is 5. The first-order valence-electron chi connectivity index (χ1n) is 11.8. The van der Waals surface area contributed by atoms with Gasteiger partial charge in [0.1, 0.15) is 11.5 Å². The van der Waals surface area contributed by atoms with Crippen molar-refractivity contribution in [2.45, 2.75) is 0 Å². The van der Waals surface area contributed by atoms with Crippen molar-refractivity contribution in [3.8, 4) is 11.5 Å². The third kappa shape index (κ3) is 4.58. The van der Waals surface area contributed by atoms with Gasteiger partial charge in [0.25, 0.3) is 0 Å². The van der Waals surface area contributed by atoms with Gasteiger partial charge < -0.3 is 24.6 Å². The lowest BCUT2D eigenvalue weighted by atomic mass is 10.2. The average Bonchev–Trinajstić information content (AvgIpc) is 2.94. The lowest BCUT2D eigenvalue weighted by molar-refractivity contribution is 0.122. The Morgan fingerprint density at radius 1 is 0.771 bits per heavy atom. The summed E-state index contributed by atoms with van der Waals surface area (Å²) in [7, 11) is 0. The number of nitrogens with one attached hydrogen (secondary N) is 1. The topological polar surface area (TPSA) is 101 Å². The van der Waals surface area contributed by atoms with Gasteiger partial charge in [-0.25, -0.2) is 19.9 Å². The number of anilines is 4. The second-order valence-corrected chi connectivity index (χ2v) is 8.37. The first-order chi connectivity index (χ1) is 17.3. The molecule has 0 spiro atoms. The van der Waals surface area contributed by atoms with Crippen LogP contribution in [0, 0.1) is 0 Å². The van der Waals surface area contributed by atoms with E-state index in [-0.39, 0.29) is 0 Å². The molecule has 0 bridgehead atoms. The van der Waals surface area contributed by atoms with Crippen molar-refractivity contribution in [2.24, 2.45) is 0 Å². The van der Waals surface area contributed by atoms with Crippen molar-refractivity contribution in [1.29, 1.82) is 0 Å². The molecule has 2 aliphatic rings. The van der Waals surface area contributed by atoms with Crippen LogP contribution in [0.2, 0.25) is 0 Å².